The Labute approximate surface area is 68.1 Å². The maximum absolute atomic E-state index is 9.63. The van der Waals surface area contributed by atoms with Gasteiger partial charge in [-0.15, -0.1) is 6.58 Å². The normalized spacial score (nSPS) is 54.9. The van der Waals surface area contributed by atoms with E-state index in [1.807, 2.05) is 6.08 Å². The Bertz CT molecular complexity index is 185. The molecule has 3 fully saturated rings. The van der Waals surface area contributed by atoms with E-state index in [0.29, 0.717) is 5.92 Å². The number of aliphatic hydroxyl groups excluding tert-OH is 1. The van der Waals surface area contributed by atoms with Crippen molar-refractivity contribution < 1.29 is 5.11 Å². The summed E-state index contributed by atoms with van der Waals surface area (Å²) in [6.45, 7) is 6.10. The van der Waals surface area contributed by atoms with Gasteiger partial charge >= 0.3 is 0 Å². The summed E-state index contributed by atoms with van der Waals surface area (Å²) in [7, 11) is 0. The van der Waals surface area contributed by atoms with Crippen LogP contribution in [0.25, 0.3) is 0 Å². The molecule has 3 aliphatic carbocycles. The first-order valence-corrected chi connectivity index (χ1v) is 4.50. The molecule has 4 atom stereocenters. The topological polar surface area (TPSA) is 20.2 Å². The van der Waals surface area contributed by atoms with Gasteiger partial charge in [0.25, 0.3) is 0 Å². The molecule has 1 nitrogen and oxygen atoms in total. The second-order valence-corrected chi connectivity index (χ2v) is 4.25. The highest BCUT2D eigenvalue weighted by atomic mass is 16.3. The van der Waals surface area contributed by atoms with Gasteiger partial charge in [-0.1, -0.05) is 13.0 Å². The van der Waals surface area contributed by atoms with Gasteiger partial charge in [-0.3, -0.25) is 0 Å². The maximum Gasteiger partial charge on any atom is 0.0576 e. The van der Waals surface area contributed by atoms with Gasteiger partial charge in [0.1, 0.15) is 0 Å². The largest absolute Gasteiger partial charge is 0.393 e. The van der Waals surface area contributed by atoms with Crippen molar-refractivity contribution in [3.05, 3.63) is 12.7 Å². The zero-order valence-corrected chi connectivity index (χ0v) is 7.09. The molecule has 0 saturated heterocycles. The van der Waals surface area contributed by atoms with Crippen LogP contribution in [0.3, 0.4) is 0 Å². The van der Waals surface area contributed by atoms with E-state index in [0.717, 1.165) is 12.3 Å². The molecule has 2 bridgehead atoms. The van der Waals surface area contributed by atoms with Gasteiger partial charge < -0.3 is 5.11 Å². The van der Waals surface area contributed by atoms with Gasteiger partial charge in [0.2, 0.25) is 0 Å². The molecule has 62 valence electrons. The van der Waals surface area contributed by atoms with Crippen LogP contribution in [0.5, 0.6) is 0 Å². The maximum atomic E-state index is 9.63. The number of rotatable bonds is 1. The molecule has 1 N–H and O–H groups in total. The average molecular weight is 152 g/mol. The Kier molecular flexibility index (Phi) is 1.40. The predicted molar refractivity (Wildman–Crippen MR) is 45.1 cm³/mol. The van der Waals surface area contributed by atoms with E-state index in [-0.39, 0.29) is 11.5 Å². The number of allylic oxidation sites excluding steroid dienone is 1. The summed E-state index contributed by atoms with van der Waals surface area (Å²) < 4.78 is 0. The quantitative estimate of drug-likeness (QED) is 0.569. The number of aliphatic hydroxyl groups is 1. The van der Waals surface area contributed by atoms with Gasteiger partial charge in [-0.25, -0.2) is 0 Å². The van der Waals surface area contributed by atoms with Crippen LogP contribution in [0.2, 0.25) is 0 Å². The number of hydrogen-bond acceptors (Lipinski definition) is 1. The number of hydrogen-bond donors (Lipinski definition) is 1. The lowest BCUT2D eigenvalue weighted by molar-refractivity contribution is -0.122. The summed E-state index contributed by atoms with van der Waals surface area (Å²) in [6.07, 6.45) is 5.43. The third-order valence-corrected chi connectivity index (χ3v) is 3.93. The zero-order chi connectivity index (χ0) is 8.06. The van der Waals surface area contributed by atoms with Gasteiger partial charge in [-0.05, 0) is 36.5 Å². The lowest BCUT2D eigenvalue weighted by Crippen LogP contribution is -2.55. The first kappa shape index (κ1) is 7.35. The molecule has 0 aromatic carbocycles. The van der Waals surface area contributed by atoms with E-state index < -0.39 is 0 Å². The molecule has 0 aromatic rings. The minimum atomic E-state index is -0.0528. The molecule has 0 heterocycles. The molecule has 0 radical (unpaired) electrons. The molecule has 1 heteroatoms. The van der Waals surface area contributed by atoms with Crippen LogP contribution in [0, 0.1) is 17.3 Å². The molecule has 0 aromatic heterocycles. The fourth-order valence-electron chi connectivity index (χ4n) is 2.85. The first-order chi connectivity index (χ1) is 5.18. The van der Waals surface area contributed by atoms with Crippen molar-refractivity contribution in [1.82, 2.24) is 0 Å². The van der Waals surface area contributed by atoms with Crippen LogP contribution < -0.4 is 0 Å². The SMILES string of the molecule is C=CC1(C)C2CCC(O)C1C2. The predicted octanol–water partition coefficient (Wildman–Crippen LogP) is 1.97. The van der Waals surface area contributed by atoms with Crippen molar-refractivity contribution in [2.24, 2.45) is 17.3 Å². The van der Waals surface area contributed by atoms with Gasteiger partial charge in [0, 0.05) is 0 Å². The standard InChI is InChI=1S/C10H16O/c1-3-10(2)7-4-5-9(11)8(10)6-7/h3,7-9,11H,1,4-6H2,2H3. The minimum Gasteiger partial charge on any atom is -0.393 e. The Morgan fingerprint density at radius 1 is 1.55 bits per heavy atom. The van der Waals surface area contributed by atoms with E-state index >= 15 is 0 Å². The zero-order valence-electron chi connectivity index (χ0n) is 7.09. The Hall–Kier alpha value is -0.300. The van der Waals surface area contributed by atoms with Gasteiger partial charge in [-0.2, -0.15) is 0 Å². The average Bonchev–Trinajstić information content (AvgIpc) is 2.02. The van der Waals surface area contributed by atoms with Crippen LogP contribution in [0.15, 0.2) is 12.7 Å². The Balaban J connectivity index is 2.20. The minimum absolute atomic E-state index is 0.0528. The fourth-order valence-corrected chi connectivity index (χ4v) is 2.85. The van der Waals surface area contributed by atoms with Crippen LogP contribution in [0.4, 0.5) is 0 Å². The lowest BCUT2D eigenvalue weighted by atomic mass is 9.47. The number of fused-ring (bicyclic) bond motifs is 2. The van der Waals surface area contributed by atoms with E-state index in [9.17, 15) is 5.11 Å². The molecule has 0 amide bonds. The molecule has 11 heavy (non-hydrogen) atoms. The second-order valence-electron chi connectivity index (χ2n) is 4.25. The molecule has 0 aliphatic heterocycles. The molecular weight excluding hydrogens is 136 g/mol. The van der Waals surface area contributed by atoms with Crippen LogP contribution in [0.1, 0.15) is 26.2 Å². The monoisotopic (exact) mass is 152 g/mol. The van der Waals surface area contributed by atoms with Crippen LogP contribution >= 0.6 is 0 Å². The highest BCUT2D eigenvalue weighted by Gasteiger charge is 2.55. The lowest BCUT2D eigenvalue weighted by Gasteiger charge is -2.58. The van der Waals surface area contributed by atoms with Crippen LogP contribution in [-0.4, -0.2) is 11.2 Å². The first-order valence-electron chi connectivity index (χ1n) is 4.50. The van der Waals surface area contributed by atoms with Crippen molar-refractivity contribution in [2.45, 2.75) is 32.3 Å². The highest BCUT2D eigenvalue weighted by molar-refractivity contribution is 5.13. The van der Waals surface area contributed by atoms with Crippen LogP contribution in [-0.2, 0) is 0 Å². The molecule has 3 saturated carbocycles. The molecule has 3 aliphatic rings. The summed E-state index contributed by atoms with van der Waals surface area (Å²) in [5, 5.41) is 9.63. The molecular formula is C10H16O. The summed E-state index contributed by atoms with van der Waals surface area (Å²) in [4.78, 5) is 0. The summed E-state index contributed by atoms with van der Waals surface area (Å²) in [5.41, 5.74) is 0.262. The van der Waals surface area contributed by atoms with Crippen molar-refractivity contribution in [1.29, 1.82) is 0 Å². The fraction of sp³-hybridized carbons (Fsp3) is 0.800. The van der Waals surface area contributed by atoms with Crippen molar-refractivity contribution in [2.75, 3.05) is 0 Å². The highest BCUT2D eigenvalue weighted by Crippen LogP contribution is 2.59. The van der Waals surface area contributed by atoms with Crippen molar-refractivity contribution in [3.63, 3.8) is 0 Å². The van der Waals surface area contributed by atoms with E-state index in [1.54, 1.807) is 0 Å². The molecule has 3 rings (SSSR count). The third kappa shape index (κ3) is 0.750. The summed E-state index contributed by atoms with van der Waals surface area (Å²) in [6, 6.07) is 0. The Morgan fingerprint density at radius 2 is 2.27 bits per heavy atom. The molecule has 0 spiro atoms. The second kappa shape index (κ2) is 2.10. The Morgan fingerprint density at radius 3 is 2.64 bits per heavy atom. The summed E-state index contributed by atoms with van der Waals surface area (Å²) in [5.74, 6) is 1.33. The van der Waals surface area contributed by atoms with Crippen molar-refractivity contribution in [3.8, 4) is 0 Å². The third-order valence-electron chi connectivity index (χ3n) is 3.93. The van der Waals surface area contributed by atoms with Gasteiger partial charge in [0.15, 0.2) is 0 Å². The van der Waals surface area contributed by atoms with E-state index in [2.05, 4.69) is 13.5 Å². The smallest absolute Gasteiger partial charge is 0.0576 e. The van der Waals surface area contributed by atoms with Gasteiger partial charge in [0.05, 0.1) is 6.10 Å². The molecule has 4 unspecified atom stereocenters. The van der Waals surface area contributed by atoms with Crippen molar-refractivity contribution >= 4 is 0 Å². The summed E-state index contributed by atoms with van der Waals surface area (Å²) >= 11 is 0. The van der Waals surface area contributed by atoms with E-state index in [1.165, 1.54) is 12.8 Å². The van der Waals surface area contributed by atoms with E-state index in [4.69, 9.17) is 0 Å².